The highest BCUT2D eigenvalue weighted by molar-refractivity contribution is 5.96. The summed E-state index contributed by atoms with van der Waals surface area (Å²) < 4.78 is 5.59. The van der Waals surface area contributed by atoms with Gasteiger partial charge in [-0.05, 0) is 37.6 Å². The maximum absolute atomic E-state index is 12.0. The molecule has 0 aromatic heterocycles. The number of Topliss-reactive ketones (excluding diaryl/α,β-unsaturated/α-hetero) is 1. The Labute approximate surface area is 114 Å². The van der Waals surface area contributed by atoms with Gasteiger partial charge < -0.3 is 4.74 Å². The van der Waals surface area contributed by atoms with Crippen LogP contribution in [0.1, 0.15) is 27.9 Å². The number of hydrogen-bond donors (Lipinski definition) is 0. The standard InChI is InChI=1S/C17H18O2/c1-13-5-3-7-15(11-13)17(18)9-10-19-16-8-4-6-14(2)12-16/h3-8,11-12H,9-10H2,1-2H3. The molecule has 0 unspecified atom stereocenters. The second-order valence-electron chi connectivity index (χ2n) is 4.71. The second-order valence-corrected chi connectivity index (χ2v) is 4.71. The smallest absolute Gasteiger partial charge is 0.166 e. The number of rotatable bonds is 5. The Morgan fingerprint density at radius 3 is 2.37 bits per heavy atom. The topological polar surface area (TPSA) is 26.3 Å². The number of hydrogen-bond acceptors (Lipinski definition) is 2. The van der Waals surface area contributed by atoms with Crippen LogP contribution < -0.4 is 4.74 Å². The zero-order valence-corrected chi connectivity index (χ0v) is 11.3. The van der Waals surface area contributed by atoms with Gasteiger partial charge >= 0.3 is 0 Å². The lowest BCUT2D eigenvalue weighted by atomic mass is 10.1. The summed E-state index contributed by atoms with van der Waals surface area (Å²) in [5.41, 5.74) is 3.01. The molecule has 0 bridgehead atoms. The Morgan fingerprint density at radius 2 is 1.68 bits per heavy atom. The molecule has 0 aliphatic heterocycles. The normalized spacial score (nSPS) is 10.2. The fraction of sp³-hybridized carbons (Fsp3) is 0.235. The van der Waals surface area contributed by atoms with Crippen molar-refractivity contribution in [1.82, 2.24) is 0 Å². The molecule has 0 radical (unpaired) electrons. The van der Waals surface area contributed by atoms with E-state index in [0.717, 1.165) is 22.4 Å². The third-order valence-corrected chi connectivity index (χ3v) is 2.93. The average molecular weight is 254 g/mol. The predicted molar refractivity (Wildman–Crippen MR) is 76.8 cm³/mol. The van der Waals surface area contributed by atoms with E-state index in [1.807, 2.05) is 62.4 Å². The van der Waals surface area contributed by atoms with E-state index in [1.54, 1.807) is 0 Å². The Bertz CT molecular complexity index is 573. The maximum atomic E-state index is 12.0. The molecule has 0 fully saturated rings. The van der Waals surface area contributed by atoms with Crippen LogP contribution in [0.2, 0.25) is 0 Å². The van der Waals surface area contributed by atoms with Crippen LogP contribution >= 0.6 is 0 Å². The third kappa shape index (κ3) is 3.95. The van der Waals surface area contributed by atoms with Gasteiger partial charge in [-0.25, -0.2) is 0 Å². The van der Waals surface area contributed by atoms with E-state index in [1.165, 1.54) is 0 Å². The zero-order chi connectivity index (χ0) is 13.7. The highest BCUT2D eigenvalue weighted by atomic mass is 16.5. The number of ether oxygens (including phenoxy) is 1. The summed E-state index contributed by atoms with van der Waals surface area (Å²) in [5, 5.41) is 0. The van der Waals surface area contributed by atoms with E-state index in [9.17, 15) is 4.79 Å². The van der Waals surface area contributed by atoms with Crippen molar-refractivity contribution in [3.8, 4) is 5.75 Å². The van der Waals surface area contributed by atoms with Crippen molar-refractivity contribution < 1.29 is 9.53 Å². The molecule has 0 saturated carbocycles. The Morgan fingerprint density at radius 1 is 1.00 bits per heavy atom. The summed E-state index contributed by atoms with van der Waals surface area (Å²) in [7, 11) is 0. The molecule has 0 heterocycles. The number of carbonyl (C=O) groups excluding carboxylic acids is 1. The Hall–Kier alpha value is -2.09. The van der Waals surface area contributed by atoms with Gasteiger partial charge in [-0.3, -0.25) is 4.79 Å². The van der Waals surface area contributed by atoms with Gasteiger partial charge in [-0.15, -0.1) is 0 Å². The number of aryl methyl sites for hydroxylation is 2. The van der Waals surface area contributed by atoms with Gasteiger partial charge in [0.2, 0.25) is 0 Å². The number of carbonyl (C=O) groups is 1. The minimum absolute atomic E-state index is 0.122. The summed E-state index contributed by atoms with van der Waals surface area (Å²) in [5.74, 6) is 0.938. The second kappa shape index (κ2) is 6.19. The van der Waals surface area contributed by atoms with Gasteiger partial charge in [0.15, 0.2) is 5.78 Å². The largest absolute Gasteiger partial charge is 0.493 e. The Kier molecular flexibility index (Phi) is 4.35. The van der Waals surface area contributed by atoms with E-state index in [2.05, 4.69) is 0 Å². The SMILES string of the molecule is Cc1cccc(OCCC(=O)c2cccc(C)c2)c1. The predicted octanol–water partition coefficient (Wildman–Crippen LogP) is 3.96. The molecule has 2 rings (SSSR count). The Balaban J connectivity index is 1.87. The molecule has 19 heavy (non-hydrogen) atoms. The van der Waals surface area contributed by atoms with E-state index in [0.29, 0.717) is 13.0 Å². The van der Waals surface area contributed by atoms with Gasteiger partial charge in [0.05, 0.1) is 6.61 Å². The minimum atomic E-state index is 0.122. The summed E-state index contributed by atoms with van der Waals surface area (Å²) in [6, 6.07) is 15.5. The quantitative estimate of drug-likeness (QED) is 0.755. The molecule has 2 aromatic rings. The molecule has 2 heteroatoms. The van der Waals surface area contributed by atoms with E-state index in [4.69, 9.17) is 4.74 Å². The highest BCUT2D eigenvalue weighted by Crippen LogP contribution is 2.13. The van der Waals surface area contributed by atoms with E-state index in [-0.39, 0.29) is 5.78 Å². The molecule has 0 saturated heterocycles. The average Bonchev–Trinajstić information content (AvgIpc) is 2.38. The van der Waals surface area contributed by atoms with Crippen LogP contribution in [0.4, 0.5) is 0 Å². The lowest BCUT2D eigenvalue weighted by Crippen LogP contribution is -2.06. The molecule has 98 valence electrons. The van der Waals surface area contributed by atoms with Crippen molar-refractivity contribution in [3.63, 3.8) is 0 Å². The first-order valence-corrected chi connectivity index (χ1v) is 6.44. The first-order valence-electron chi connectivity index (χ1n) is 6.44. The molecule has 0 atom stereocenters. The fourth-order valence-corrected chi connectivity index (χ4v) is 1.93. The number of ketones is 1. The summed E-state index contributed by atoms with van der Waals surface area (Å²) >= 11 is 0. The summed E-state index contributed by atoms with van der Waals surface area (Å²) in [4.78, 5) is 12.0. The summed E-state index contributed by atoms with van der Waals surface area (Å²) in [6.45, 7) is 4.42. The van der Waals surface area contributed by atoms with Crippen LogP contribution in [0.25, 0.3) is 0 Å². The fourth-order valence-electron chi connectivity index (χ4n) is 1.93. The van der Waals surface area contributed by atoms with Crippen molar-refractivity contribution >= 4 is 5.78 Å². The molecular weight excluding hydrogens is 236 g/mol. The lowest BCUT2D eigenvalue weighted by molar-refractivity contribution is 0.0962. The highest BCUT2D eigenvalue weighted by Gasteiger charge is 2.06. The van der Waals surface area contributed by atoms with Crippen molar-refractivity contribution in [2.75, 3.05) is 6.61 Å². The zero-order valence-electron chi connectivity index (χ0n) is 11.3. The molecular formula is C17H18O2. The van der Waals surface area contributed by atoms with Crippen LogP contribution in [0.5, 0.6) is 5.75 Å². The van der Waals surface area contributed by atoms with Crippen LogP contribution in [0.15, 0.2) is 48.5 Å². The lowest BCUT2D eigenvalue weighted by Gasteiger charge is -2.06. The molecule has 0 N–H and O–H groups in total. The molecule has 0 aliphatic rings. The van der Waals surface area contributed by atoms with Gasteiger partial charge in [0, 0.05) is 12.0 Å². The molecule has 2 aromatic carbocycles. The van der Waals surface area contributed by atoms with Crippen molar-refractivity contribution in [3.05, 3.63) is 65.2 Å². The molecule has 0 aliphatic carbocycles. The van der Waals surface area contributed by atoms with Crippen molar-refractivity contribution in [2.45, 2.75) is 20.3 Å². The van der Waals surface area contributed by atoms with Crippen molar-refractivity contribution in [1.29, 1.82) is 0 Å². The number of benzene rings is 2. The third-order valence-electron chi connectivity index (χ3n) is 2.93. The van der Waals surface area contributed by atoms with E-state index >= 15 is 0 Å². The minimum Gasteiger partial charge on any atom is -0.493 e. The van der Waals surface area contributed by atoms with Gasteiger partial charge in [-0.1, -0.05) is 35.9 Å². The first kappa shape index (κ1) is 13.3. The van der Waals surface area contributed by atoms with Gasteiger partial charge in [-0.2, -0.15) is 0 Å². The van der Waals surface area contributed by atoms with E-state index < -0.39 is 0 Å². The van der Waals surface area contributed by atoms with Crippen LogP contribution in [-0.2, 0) is 0 Å². The monoisotopic (exact) mass is 254 g/mol. The molecule has 0 spiro atoms. The molecule has 2 nitrogen and oxygen atoms in total. The summed E-state index contributed by atoms with van der Waals surface area (Å²) in [6.07, 6.45) is 0.400. The maximum Gasteiger partial charge on any atom is 0.166 e. The van der Waals surface area contributed by atoms with Crippen molar-refractivity contribution in [2.24, 2.45) is 0 Å². The van der Waals surface area contributed by atoms with Crippen LogP contribution in [0, 0.1) is 13.8 Å². The molecule has 0 amide bonds. The van der Waals surface area contributed by atoms with Gasteiger partial charge in [0.25, 0.3) is 0 Å². The van der Waals surface area contributed by atoms with Gasteiger partial charge in [0.1, 0.15) is 5.75 Å². The van der Waals surface area contributed by atoms with Crippen LogP contribution in [0.3, 0.4) is 0 Å². The van der Waals surface area contributed by atoms with Crippen LogP contribution in [-0.4, -0.2) is 12.4 Å². The first-order chi connectivity index (χ1) is 9.15.